The first-order valence-electron chi connectivity index (χ1n) is 6.38. The summed E-state index contributed by atoms with van der Waals surface area (Å²) in [5, 5.41) is 11.8. The van der Waals surface area contributed by atoms with Crippen LogP contribution in [0.5, 0.6) is 0 Å². The summed E-state index contributed by atoms with van der Waals surface area (Å²) in [6, 6.07) is 11.8. The van der Waals surface area contributed by atoms with Gasteiger partial charge in [-0.2, -0.15) is 5.26 Å². The lowest BCUT2D eigenvalue weighted by atomic mass is 9.84. The van der Waals surface area contributed by atoms with E-state index in [0.717, 1.165) is 11.3 Å². The fourth-order valence-electron chi connectivity index (χ4n) is 1.82. The van der Waals surface area contributed by atoms with E-state index in [1.54, 1.807) is 0 Å². The Morgan fingerprint density at radius 2 is 1.95 bits per heavy atom. The maximum absolute atomic E-state index is 12.3. The molecule has 0 aliphatic carbocycles. The zero-order valence-electron chi connectivity index (χ0n) is 11.8. The van der Waals surface area contributed by atoms with Gasteiger partial charge < -0.3 is 0 Å². The van der Waals surface area contributed by atoms with Gasteiger partial charge in [-0.25, -0.2) is 4.98 Å². The van der Waals surface area contributed by atoms with E-state index in [9.17, 15) is 10.1 Å². The monoisotopic (exact) mass is 284 g/mol. The molecule has 1 heterocycles. The lowest BCUT2D eigenvalue weighted by Crippen LogP contribution is -2.26. The summed E-state index contributed by atoms with van der Waals surface area (Å²) in [6.45, 7) is 5.47. The van der Waals surface area contributed by atoms with Gasteiger partial charge in [0.1, 0.15) is 5.01 Å². The van der Waals surface area contributed by atoms with Gasteiger partial charge in [0, 0.05) is 16.4 Å². The lowest BCUT2D eigenvalue weighted by Gasteiger charge is -2.18. The average molecular weight is 284 g/mol. The molecule has 3 nitrogen and oxygen atoms in total. The molecule has 0 fully saturated rings. The van der Waals surface area contributed by atoms with E-state index in [0.29, 0.717) is 5.01 Å². The number of carbonyl (C=O) groups is 1. The molecule has 102 valence electrons. The summed E-state index contributed by atoms with van der Waals surface area (Å²) in [4.78, 5) is 16.7. The van der Waals surface area contributed by atoms with Gasteiger partial charge in [0.25, 0.3) is 0 Å². The van der Waals surface area contributed by atoms with Crippen LogP contribution < -0.4 is 0 Å². The van der Waals surface area contributed by atoms with Gasteiger partial charge in [-0.3, -0.25) is 4.79 Å². The second-order valence-electron chi connectivity index (χ2n) is 5.61. The molecule has 0 amide bonds. The van der Waals surface area contributed by atoms with Crippen molar-refractivity contribution in [2.75, 3.05) is 0 Å². The zero-order chi connectivity index (χ0) is 14.8. The minimum atomic E-state index is -0.780. The Hall–Kier alpha value is -1.99. The molecule has 0 saturated heterocycles. The number of Topliss-reactive ketones (excluding diaryl/α,β-unsaturated/α-hetero) is 1. The summed E-state index contributed by atoms with van der Waals surface area (Å²) in [5.41, 5.74) is 1.27. The third kappa shape index (κ3) is 2.94. The van der Waals surface area contributed by atoms with Crippen molar-refractivity contribution in [3.63, 3.8) is 0 Å². The fraction of sp³-hybridized carbons (Fsp3) is 0.312. The van der Waals surface area contributed by atoms with Crippen LogP contribution in [0.3, 0.4) is 0 Å². The highest BCUT2D eigenvalue weighted by Crippen LogP contribution is 2.31. The Morgan fingerprint density at radius 1 is 1.30 bits per heavy atom. The molecular formula is C16H16N2OS. The average Bonchev–Trinajstić information content (AvgIpc) is 2.89. The van der Waals surface area contributed by atoms with Crippen molar-refractivity contribution in [3.8, 4) is 17.3 Å². The molecule has 1 atom stereocenters. The number of carbonyl (C=O) groups excluding carboxylic acids is 1. The van der Waals surface area contributed by atoms with Gasteiger partial charge in [0.15, 0.2) is 11.7 Å². The first-order chi connectivity index (χ1) is 9.43. The van der Waals surface area contributed by atoms with Crippen LogP contribution in [0.2, 0.25) is 0 Å². The highest BCUT2D eigenvalue weighted by Gasteiger charge is 2.32. The standard InChI is InChI=1S/C16H16N2OS/c1-16(2,3)14(19)12(9-17)15-18-13(10-20-15)11-7-5-4-6-8-11/h4-8,10,12H,1-3H3. The smallest absolute Gasteiger partial charge is 0.162 e. The van der Waals surface area contributed by atoms with E-state index < -0.39 is 11.3 Å². The number of thiazole rings is 1. The molecule has 0 aliphatic rings. The van der Waals surface area contributed by atoms with Crippen molar-refractivity contribution in [1.29, 1.82) is 5.26 Å². The molecule has 0 N–H and O–H groups in total. The highest BCUT2D eigenvalue weighted by atomic mass is 32.1. The highest BCUT2D eigenvalue weighted by molar-refractivity contribution is 7.10. The van der Waals surface area contributed by atoms with E-state index in [2.05, 4.69) is 11.1 Å². The molecule has 2 rings (SSSR count). The second-order valence-corrected chi connectivity index (χ2v) is 6.50. The van der Waals surface area contributed by atoms with Crippen LogP contribution in [0.4, 0.5) is 0 Å². The first kappa shape index (κ1) is 14.4. The van der Waals surface area contributed by atoms with E-state index >= 15 is 0 Å². The van der Waals surface area contributed by atoms with Gasteiger partial charge in [0.05, 0.1) is 11.8 Å². The molecule has 1 unspecified atom stereocenters. The SMILES string of the molecule is CC(C)(C)C(=O)C(C#N)c1nc(-c2ccccc2)cs1. The maximum Gasteiger partial charge on any atom is 0.162 e. The third-order valence-corrected chi connectivity index (χ3v) is 3.88. The second kappa shape index (κ2) is 5.56. The summed E-state index contributed by atoms with van der Waals surface area (Å²) < 4.78 is 0. The van der Waals surface area contributed by atoms with Crippen LogP contribution in [0, 0.1) is 16.7 Å². The lowest BCUT2D eigenvalue weighted by molar-refractivity contribution is -0.126. The summed E-state index contributed by atoms with van der Waals surface area (Å²) in [5.74, 6) is -0.869. The van der Waals surface area contributed by atoms with Crippen molar-refractivity contribution in [1.82, 2.24) is 4.98 Å². The fourth-order valence-corrected chi connectivity index (χ4v) is 2.69. The number of nitriles is 1. The number of aromatic nitrogens is 1. The van der Waals surface area contributed by atoms with Crippen molar-refractivity contribution >= 4 is 17.1 Å². The minimum absolute atomic E-state index is 0.0889. The van der Waals surface area contributed by atoms with E-state index in [1.807, 2.05) is 56.5 Å². The predicted octanol–water partition coefficient (Wildman–Crippen LogP) is 4.03. The Labute approximate surface area is 122 Å². The van der Waals surface area contributed by atoms with E-state index in [1.165, 1.54) is 11.3 Å². The van der Waals surface area contributed by atoms with Crippen LogP contribution >= 0.6 is 11.3 Å². The Kier molecular flexibility index (Phi) is 4.01. The van der Waals surface area contributed by atoms with Crippen molar-refractivity contribution in [2.24, 2.45) is 5.41 Å². The molecule has 0 spiro atoms. The van der Waals surface area contributed by atoms with Crippen LogP contribution in [0.15, 0.2) is 35.7 Å². The Morgan fingerprint density at radius 3 is 2.50 bits per heavy atom. The summed E-state index contributed by atoms with van der Waals surface area (Å²) in [6.07, 6.45) is 0. The normalized spacial score (nSPS) is 12.7. The zero-order valence-corrected chi connectivity index (χ0v) is 12.6. The quantitative estimate of drug-likeness (QED) is 0.855. The van der Waals surface area contributed by atoms with Crippen LogP contribution in [0.25, 0.3) is 11.3 Å². The van der Waals surface area contributed by atoms with Crippen molar-refractivity contribution in [2.45, 2.75) is 26.7 Å². The molecule has 20 heavy (non-hydrogen) atoms. The summed E-state index contributed by atoms with van der Waals surface area (Å²) in [7, 11) is 0. The number of hydrogen-bond donors (Lipinski definition) is 0. The number of benzene rings is 1. The Bertz CT molecular complexity index is 647. The van der Waals surface area contributed by atoms with Crippen molar-refractivity contribution in [3.05, 3.63) is 40.7 Å². The van der Waals surface area contributed by atoms with Gasteiger partial charge >= 0.3 is 0 Å². The number of hydrogen-bond acceptors (Lipinski definition) is 4. The van der Waals surface area contributed by atoms with E-state index in [-0.39, 0.29) is 5.78 Å². The number of ketones is 1. The van der Waals surface area contributed by atoms with Gasteiger partial charge in [-0.1, -0.05) is 51.1 Å². The number of rotatable bonds is 3. The molecule has 1 aromatic heterocycles. The topological polar surface area (TPSA) is 53.8 Å². The summed E-state index contributed by atoms with van der Waals surface area (Å²) >= 11 is 1.37. The Balaban J connectivity index is 2.33. The predicted molar refractivity (Wildman–Crippen MR) is 80.4 cm³/mol. The maximum atomic E-state index is 12.3. The number of nitrogens with zero attached hydrogens (tertiary/aromatic N) is 2. The first-order valence-corrected chi connectivity index (χ1v) is 7.26. The van der Waals surface area contributed by atoms with Gasteiger partial charge in [-0.05, 0) is 0 Å². The molecule has 0 aliphatic heterocycles. The minimum Gasteiger partial charge on any atom is -0.297 e. The molecule has 0 radical (unpaired) electrons. The van der Waals surface area contributed by atoms with Gasteiger partial charge in [-0.15, -0.1) is 11.3 Å². The molecule has 4 heteroatoms. The van der Waals surface area contributed by atoms with Crippen LogP contribution in [-0.2, 0) is 4.79 Å². The van der Waals surface area contributed by atoms with E-state index in [4.69, 9.17) is 0 Å². The molecule has 1 aromatic carbocycles. The molecule has 0 saturated carbocycles. The largest absolute Gasteiger partial charge is 0.297 e. The van der Waals surface area contributed by atoms with Crippen molar-refractivity contribution < 1.29 is 4.79 Å². The van der Waals surface area contributed by atoms with Crippen LogP contribution in [-0.4, -0.2) is 10.8 Å². The van der Waals surface area contributed by atoms with Gasteiger partial charge in [0.2, 0.25) is 0 Å². The molecule has 0 bridgehead atoms. The molecular weight excluding hydrogens is 268 g/mol. The molecule has 2 aromatic rings. The third-order valence-electron chi connectivity index (χ3n) is 2.97. The van der Waals surface area contributed by atoms with Crippen LogP contribution in [0.1, 0.15) is 31.7 Å².